The minimum atomic E-state index is 1.11. The van der Waals surface area contributed by atoms with Crippen molar-refractivity contribution in [3.8, 4) is 10.6 Å². The Balaban J connectivity index is 2.13. The van der Waals surface area contributed by atoms with Crippen molar-refractivity contribution in [2.75, 3.05) is 6.26 Å². The monoisotopic (exact) mass is 271 g/mol. The fourth-order valence-electron chi connectivity index (χ4n) is 2.02. The first kappa shape index (κ1) is 11.8. The molecule has 90 valence electrons. The maximum atomic E-state index is 4.66. The predicted octanol–water partition coefficient (Wildman–Crippen LogP) is 4.99. The van der Waals surface area contributed by atoms with Crippen molar-refractivity contribution < 1.29 is 0 Å². The number of thioether (sulfide) groups is 1. The SMILES string of the molecule is CSc1sc(-c2ccc3ccccc3c2)nc1C. The van der Waals surface area contributed by atoms with Crippen molar-refractivity contribution in [1.29, 1.82) is 0 Å². The molecule has 1 heterocycles. The molecule has 3 heteroatoms. The number of hydrogen-bond acceptors (Lipinski definition) is 3. The fraction of sp³-hybridized carbons (Fsp3) is 0.133. The van der Waals surface area contributed by atoms with Gasteiger partial charge in [0.05, 0.1) is 9.90 Å². The summed E-state index contributed by atoms with van der Waals surface area (Å²) in [6, 6.07) is 15.0. The first-order valence-electron chi connectivity index (χ1n) is 5.78. The molecule has 0 N–H and O–H groups in total. The van der Waals surface area contributed by atoms with Gasteiger partial charge in [-0.3, -0.25) is 0 Å². The molecule has 0 aliphatic heterocycles. The van der Waals surface area contributed by atoms with Gasteiger partial charge < -0.3 is 0 Å². The van der Waals surface area contributed by atoms with Gasteiger partial charge in [-0.25, -0.2) is 4.98 Å². The highest BCUT2D eigenvalue weighted by molar-refractivity contribution is 8.00. The van der Waals surface area contributed by atoms with Gasteiger partial charge in [-0.15, -0.1) is 23.1 Å². The van der Waals surface area contributed by atoms with Crippen LogP contribution in [0.3, 0.4) is 0 Å². The first-order chi connectivity index (χ1) is 8.78. The third-order valence-electron chi connectivity index (χ3n) is 2.94. The largest absolute Gasteiger partial charge is 0.240 e. The lowest BCUT2D eigenvalue weighted by Gasteiger charge is -2.00. The highest BCUT2D eigenvalue weighted by Crippen LogP contribution is 2.34. The maximum Gasteiger partial charge on any atom is 0.124 e. The lowest BCUT2D eigenvalue weighted by atomic mass is 10.1. The zero-order valence-electron chi connectivity index (χ0n) is 10.3. The van der Waals surface area contributed by atoms with Crippen LogP contribution in [0.4, 0.5) is 0 Å². The number of nitrogens with zero attached hydrogens (tertiary/aromatic N) is 1. The van der Waals surface area contributed by atoms with Crippen LogP contribution < -0.4 is 0 Å². The van der Waals surface area contributed by atoms with Crippen LogP contribution in [0.2, 0.25) is 0 Å². The fourth-order valence-corrected chi connectivity index (χ4v) is 3.73. The van der Waals surface area contributed by atoms with Crippen LogP contribution in [0.5, 0.6) is 0 Å². The van der Waals surface area contributed by atoms with E-state index in [9.17, 15) is 0 Å². The van der Waals surface area contributed by atoms with E-state index in [0.717, 1.165) is 10.7 Å². The highest BCUT2D eigenvalue weighted by Gasteiger charge is 2.08. The molecule has 18 heavy (non-hydrogen) atoms. The van der Waals surface area contributed by atoms with Gasteiger partial charge in [-0.05, 0) is 30.0 Å². The van der Waals surface area contributed by atoms with Crippen LogP contribution in [-0.2, 0) is 0 Å². The van der Waals surface area contributed by atoms with Gasteiger partial charge in [-0.1, -0.05) is 36.4 Å². The van der Waals surface area contributed by atoms with E-state index in [1.54, 1.807) is 23.1 Å². The van der Waals surface area contributed by atoms with E-state index in [1.807, 2.05) is 0 Å². The third-order valence-corrected chi connectivity index (χ3v) is 5.35. The second-order valence-electron chi connectivity index (χ2n) is 4.16. The van der Waals surface area contributed by atoms with Crippen LogP contribution in [0.15, 0.2) is 46.7 Å². The highest BCUT2D eigenvalue weighted by atomic mass is 32.2. The van der Waals surface area contributed by atoms with E-state index in [-0.39, 0.29) is 0 Å². The third kappa shape index (κ3) is 2.04. The van der Waals surface area contributed by atoms with E-state index in [4.69, 9.17) is 0 Å². The molecular formula is C15H13NS2. The van der Waals surface area contributed by atoms with Crippen LogP contribution in [-0.4, -0.2) is 11.2 Å². The topological polar surface area (TPSA) is 12.9 Å². The molecule has 1 nitrogen and oxygen atoms in total. The second kappa shape index (κ2) is 4.75. The molecule has 0 amide bonds. The number of aromatic nitrogens is 1. The minimum Gasteiger partial charge on any atom is -0.240 e. The Hall–Kier alpha value is -1.32. The summed E-state index contributed by atoms with van der Waals surface area (Å²) in [6.07, 6.45) is 2.10. The number of thiazole rings is 1. The molecule has 3 rings (SSSR count). The molecule has 0 saturated heterocycles. The van der Waals surface area contributed by atoms with Crippen LogP contribution in [0, 0.1) is 6.92 Å². The summed E-state index contributed by atoms with van der Waals surface area (Å²) in [5, 5.41) is 3.66. The number of aryl methyl sites for hydroxylation is 1. The van der Waals surface area contributed by atoms with Crippen molar-refractivity contribution in [3.05, 3.63) is 48.2 Å². The summed E-state index contributed by atoms with van der Waals surface area (Å²) < 4.78 is 1.30. The quantitative estimate of drug-likeness (QED) is 0.609. The Kier molecular flexibility index (Phi) is 3.10. The summed E-state index contributed by atoms with van der Waals surface area (Å²) in [5.41, 5.74) is 2.35. The van der Waals surface area contributed by atoms with Gasteiger partial charge in [0, 0.05) is 5.56 Å². The number of rotatable bonds is 2. The molecule has 0 unspecified atom stereocenters. The first-order valence-corrected chi connectivity index (χ1v) is 7.82. The van der Waals surface area contributed by atoms with Crippen molar-refractivity contribution >= 4 is 33.9 Å². The number of hydrogen-bond donors (Lipinski definition) is 0. The molecular weight excluding hydrogens is 258 g/mol. The molecule has 0 atom stereocenters. The normalized spacial score (nSPS) is 11.0. The Morgan fingerprint density at radius 3 is 2.56 bits per heavy atom. The van der Waals surface area contributed by atoms with E-state index >= 15 is 0 Å². The zero-order chi connectivity index (χ0) is 12.5. The number of benzene rings is 2. The lowest BCUT2D eigenvalue weighted by molar-refractivity contribution is 1.21. The lowest BCUT2D eigenvalue weighted by Crippen LogP contribution is -1.78. The van der Waals surface area contributed by atoms with Gasteiger partial charge in [0.25, 0.3) is 0 Å². The molecule has 3 aromatic rings. The van der Waals surface area contributed by atoms with Gasteiger partial charge >= 0.3 is 0 Å². The maximum absolute atomic E-state index is 4.66. The minimum absolute atomic E-state index is 1.11. The van der Waals surface area contributed by atoms with E-state index in [2.05, 4.69) is 60.6 Å². The van der Waals surface area contributed by atoms with Crippen molar-refractivity contribution in [3.63, 3.8) is 0 Å². The van der Waals surface area contributed by atoms with E-state index < -0.39 is 0 Å². The Bertz CT molecular complexity index is 701. The van der Waals surface area contributed by atoms with Crippen LogP contribution >= 0.6 is 23.1 Å². The summed E-state index contributed by atoms with van der Waals surface area (Å²) in [7, 11) is 0. The predicted molar refractivity (Wildman–Crippen MR) is 81.6 cm³/mol. The number of fused-ring (bicyclic) bond motifs is 1. The van der Waals surface area contributed by atoms with Crippen molar-refractivity contribution in [1.82, 2.24) is 4.98 Å². The molecule has 0 saturated carbocycles. The zero-order valence-corrected chi connectivity index (χ0v) is 11.9. The Morgan fingerprint density at radius 1 is 1.06 bits per heavy atom. The average Bonchev–Trinajstić information content (AvgIpc) is 2.79. The average molecular weight is 271 g/mol. The Labute approximate surface area is 115 Å². The van der Waals surface area contributed by atoms with E-state index in [0.29, 0.717) is 0 Å². The molecule has 0 aliphatic carbocycles. The van der Waals surface area contributed by atoms with Crippen LogP contribution in [0.25, 0.3) is 21.3 Å². The summed E-state index contributed by atoms with van der Waals surface area (Å²) >= 11 is 3.54. The van der Waals surface area contributed by atoms with Crippen LogP contribution in [0.1, 0.15) is 5.69 Å². The molecule has 0 radical (unpaired) electrons. The molecule has 0 aliphatic rings. The summed E-state index contributed by atoms with van der Waals surface area (Å²) in [5.74, 6) is 0. The summed E-state index contributed by atoms with van der Waals surface area (Å²) in [4.78, 5) is 4.66. The molecule has 0 bridgehead atoms. The molecule has 1 aromatic heterocycles. The standard InChI is InChI=1S/C15H13NS2/c1-10-15(17-2)18-14(16-10)13-8-7-11-5-3-4-6-12(11)9-13/h3-9H,1-2H3. The van der Waals surface area contributed by atoms with Gasteiger partial charge in [0.2, 0.25) is 0 Å². The Morgan fingerprint density at radius 2 is 1.83 bits per heavy atom. The van der Waals surface area contributed by atoms with Gasteiger partial charge in [0.1, 0.15) is 5.01 Å². The van der Waals surface area contributed by atoms with Gasteiger partial charge in [-0.2, -0.15) is 0 Å². The second-order valence-corrected chi connectivity index (χ2v) is 6.23. The van der Waals surface area contributed by atoms with E-state index in [1.165, 1.54) is 20.5 Å². The smallest absolute Gasteiger partial charge is 0.124 e. The molecule has 2 aromatic carbocycles. The molecule has 0 fully saturated rings. The van der Waals surface area contributed by atoms with Crippen molar-refractivity contribution in [2.45, 2.75) is 11.1 Å². The van der Waals surface area contributed by atoms with Crippen molar-refractivity contribution in [2.24, 2.45) is 0 Å². The molecule has 0 spiro atoms. The summed E-state index contributed by atoms with van der Waals surface area (Å²) in [6.45, 7) is 2.08. The van der Waals surface area contributed by atoms with Gasteiger partial charge in [0.15, 0.2) is 0 Å².